The van der Waals surface area contributed by atoms with E-state index in [-0.39, 0.29) is 16.2 Å². The molecule has 0 atom stereocenters. The first kappa shape index (κ1) is 20.1. The lowest BCUT2D eigenvalue weighted by Crippen LogP contribution is -2.51. The number of likely N-dealkylation sites (tertiary alicyclic amines) is 1. The minimum Gasteiger partial charge on any atom is -0.492 e. The first-order valence-electron chi connectivity index (χ1n) is 10.4. The van der Waals surface area contributed by atoms with E-state index in [4.69, 9.17) is 4.74 Å². The average molecular weight is 440 g/mol. The Morgan fingerprint density at radius 1 is 1.06 bits per heavy atom. The second-order valence-electron chi connectivity index (χ2n) is 8.52. The summed E-state index contributed by atoms with van der Waals surface area (Å²) in [5.74, 6) is 0.396. The SMILES string of the molecule is Cn1cc(C(=O)N2CCC3(CC2)CNS(=O)(=O)c2ccccc2OC3)c2ccccc21. The number of para-hydroxylation sites is 2. The fourth-order valence-electron chi connectivity index (χ4n) is 4.59. The molecule has 2 aliphatic heterocycles. The summed E-state index contributed by atoms with van der Waals surface area (Å²) < 4.78 is 36.1. The topological polar surface area (TPSA) is 80.6 Å². The molecule has 1 amide bonds. The molecule has 3 aromatic rings. The largest absolute Gasteiger partial charge is 0.492 e. The van der Waals surface area contributed by atoms with Gasteiger partial charge < -0.3 is 14.2 Å². The molecule has 0 bridgehead atoms. The van der Waals surface area contributed by atoms with Crippen molar-refractivity contribution in [3.05, 3.63) is 60.3 Å². The van der Waals surface area contributed by atoms with E-state index < -0.39 is 10.0 Å². The maximum absolute atomic E-state index is 13.3. The summed E-state index contributed by atoms with van der Waals surface area (Å²) in [5, 5.41) is 0.953. The number of ether oxygens (including phenoxy) is 1. The second kappa shape index (κ2) is 7.39. The molecule has 2 aromatic carbocycles. The standard InChI is InChI=1S/C23H25N3O4S/c1-25-14-18(17-6-2-3-7-19(17)25)22(27)26-12-10-23(11-13-26)15-24-31(28,29)21-9-5-4-8-20(21)30-16-23/h2-9,14,24H,10-13,15-16H2,1H3. The van der Waals surface area contributed by atoms with Gasteiger partial charge in [-0.2, -0.15) is 0 Å². The fourth-order valence-corrected chi connectivity index (χ4v) is 5.89. The van der Waals surface area contributed by atoms with E-state index in [0.717, 1.165) is 10.9 Å². The monoisotopic (exact) mass is 439 g/mol. The van der Waals surface area contributed by atoms with Gasteiger partial charge in [-0.1, -0.05) is 30.3 Å². The van der Waals surface area contributed by atoms with Gasteiger partial charge in [0.2, 0.25) is 10.0 Å². The molecule has 8 heteroatoms. The summed E-state index contributed by atoms with van der Waals surface area (Å²) >= 11 is 0. The molecule has 0 unspecified atom stereocenters. The number of sulfonamides is 1. The molecule has 0 radical (unpaired) electrons. The van der Waals surface area contributed by atoms with Crippen molar-refractivity contribution >= 4 is 26.8 Å². The normalized spacial score (nSPS) is 20.0. The summed E-state index contributed by atoms with van der Waals surface area (Å²) in [6.45, 7) is 1.85. The summed E-state index contributed by atoms with van der Waals surface area (Å²) in [6.07, 6.45) is 3.24. The van der Waals surface area contributed by atoms with Crippen molar-refractivity contribution in [3.8, 4) is 5.75 Å². The molecule has 1 saturated heterocycles. The van der Waals surface area contributed by atoms with Gasteiger partial charge in [0, 0.05) is 49.2 Å². The van der Waals surface area contributed by atoms with E-state index in [9.17, 15) is 13.2 Å². The van der Waals surface area contributed by atoms with Crippen LogP contribution in [0.5, 0.6) is 5.75 Å². The Balaban J connectivity index is 1.35. The van der Waals surface area contributed by atoms with Crippen LogP contribution in [0.3, 0.4) is 0 Å². The van der Waals surface area contributed by atoms with Gasteiger partial charge in [-0.15, -0.1) is 0 Å². The third kappa shape index (κ3) is 3.49. The number of rotatable bonds is 1. The number of piperidine rings is 1. The number of hydrogen-bond acceptors (Lipinski definition) is 4. The van der Waals surface area contributed by atoms with Gasteiger partial charge >= 0.3 is 0 Å². The zero-order valence-electron chi connectivity index (χ0n) is 17.4. The molecular weight excluding hydrogens is 414 g/mol. The Morgan fingerprint density at radius 3 is 2.58 bits per heavy atom. The highest BCUT2D eigenvalue weighted by molar-refractivity contribution is 7.89. The van der Waals surface area contributed by atoms with E-state index in [1.165, 1.54) is 0 Å². The van der Waals surface area contributed by atoms with Gasteiger partial charge in [-0.3, -0.25) is 4.79 Å². The third-order valence-electron chi connectivity index (χ3n) is 6.55. The third-order valence-corrected chi connectivity index (χ3v) is 7.99. The molecule has 0 aliphatic carbocycles. The van der Waals surface area contributed by atoms with Gasteiger partial charge in [0.1, 0.15) is 10.6 Å². The molecule has 0 saturated carbocycles. The Hall–Kier alpha value is -2.84. The number of aromatic nitrogens is 1. The van der Waals surface area contributed by atoms with Gasteiger partial charge in [-0.05, 0) is 31.0 Å². The van der Waals surface area contributed by atoms with E-state index in [2.05, 4.69) is 4.72 Å². The number of nitrogens with zero attached hydrogens (tertiary/aromatic N) is 2. The molecule has 1 aromatic heterocycles. The second-order valence-corrected chi connectivity index (χ2v) is 10.3. The number of benzene rings is 2. The van der Waals surface area contributed by atoms with Gasteiger partial charge in [-0.25, -0.2) is 13.1 Å². The molecule has 2 aliphatic rings. The zero-order valence-corrected chi connectivity index (χ0v) is 18.2. The highest BCUT2D eigenvalue weighted by atomic mass is 32.2. The molecule has 1 spiro atoms. The van der Waals surface area contributed by atoms with Crippen LogP contribution in [0.2, 0.25) is 0 Å². The number of carbonyl (C=O) groups excluding carboxylic acids is 1. The molecule has 7 nitrogen and oxygen atoms in total. The van der Waals surface area contributed by atoms with Crippen molar-refractivity contribution in [2.24, 2.45) is 12.5 Å². The summed E-state index contributed by atoms with van der Waals surface area (Å²) in [4.78, 5) is 15.3. The zero-order chi connectivity index (χ0) is 21.6. The minimum absolute atomic E-state index is 0.0179. The van der Waals surface area contributed by atoms with Crippen LogP contribution in [-0.2, 0) is 17.1 Å². The van der Waals surface area contributed by atoms with Crippen molar-refractivity contribution in [2.75, 3.05) is 26.2 Å². The van der Waals surface area contributed by atoms with Gasteiger partial charge in [0.15, 0.2) is 0 Å². The first-order valence-corrected chi connectivity index (χ1v) is 11.9. The Labute approximate surface area is 181 Å². The quantitative estimate of drug-likeness (QED) is 0.632. The molecule has 1 fully saturated rings. The lowest BCUT2D eigenvalue weighted by atomic mass is 9.79. The maximum atomic E-state index is 13.3. The highest BCUT2D eigenvalue weighted by Crippen LogP contribution is 2.36. The van der Waals surface area contributed by atoms with E-state index in [1.807, 2.05) is 47.0 Å². The average Bonchev–Trinajstić information content (AvgIpc) is 3.13. The van der Waals surface area contributed by atoms with Crippen LogP contribution in [0.25, 0.3) is 10.9 Å². The van der Waals surface area contributed by atoms with Gasteiger partial charge in [0.05, 0.1) is 12.2 Å². The molecule has 1 N–H and O–H groups in total. The van der Waals surface area contributed by atoms with Crippen molar-refractivity contribution in [1.82, 2.24) is 14.2 Å². The van der Waals surface area contributed by atoms with Crippen LogP contribution in [0.15, 0.2) is 59.6 Å². The van der Waals surface area contributed by atoms with Crippen molar-refractivity contribution in [2.45, 2.75) is 17.7 Å². The maximum Gasteiger partial charge on any atom is 0.256 e. The number of fused-ring (bicyclic) bond motifs is 2. The summed E-state index contributed by atoms with van der Waals surface area (Å²) in [6, 6.07) is 14.6. The predicted octanol–water partition coefficient (Wildman–Crippen LogP) is 2.77. The number of nitrogens with one attached hydrogen (secondary N) is 1. The minimum atomic E-state index is -3.63. The van der Waals surface area contributed by atoms with Crippen LogP contribution < -0.4 is 9.46 Å². The van der Waals surface area contributed by atoms with Crippen LogP contribution in [0.4, 0.5) is 0 Å². The van der Waals surface area contributed by atoms with Crippen LogP contribution in [0.1, 0.15) is 23.2 Å². The summed E-state index contributed by atoms with van der Waals surface area (Å²) in [5.41, 5.74) is 1.40. The predicted molar refractivity (Wildman–Crippen MR) is 118 cm³/mol. The molecule has 31 heavy (non-hydrogen) atoms. The van der Waals surface area contributed by atoms with Crippen LogP contribution in [0, 0.1) is 5.41 Å². The Kier molecular flexibility index (Phi) is 4.79. The number of carbonyl (C=O) groups is 1. The number of aryl methyl sites for hydroxylation is 1. The molecule has 162 valence electrons. The van der Waals surface area contributed by atoms with Crippen molar-refractivity contribution in [3.63, 3.8) is 0 Å². The van der Waals surface area contributed by atoms with Gasteiger partial charge in [0.25, 0.3) is 5.91 Å². The Morgan fingerprint density at radius 2 is 1.77 bits per heavy atom. The highest BCUT2D eigenvalue weighted by Gasteiger charge is 2.40. The van der Waals surface area contributed by atoms with E-state index in [1.54, 1.807) is 24.3 Å². The number of amides is 1. The molecule has 3 heterocycles. The Bertz CT molecular complexity index is 1260. The lowest BCUT2D eigenvalue weighted by Gasteiger charge is -2.42. The van der Waals surface area contributed by atoms with Crippen LogP contribution in [-0.4, -0.2) is 50.0 Å². The van der Waals surface area contributed by atoms with Crippen molar-refractivity contribution in [1.29, 1.82) is 0 Å². The first-order chi connectivity index (χ1) is 14.9. The van der Waals surface area contributed by atoms with E-state index in [0.29, 0.717) is 50.4 Å². The fraction of sp³-hybridized carbons (Fsp3) is 0.348. The molecule has 5 rings (SSSR count). The van der Waals surface area contributed by atoms with E-state index >= 15 is 0 Å². The number of hydrogen-bond donors (Lipinski definition) is 1. The summed E-state index contributed by atoms with van der Waals surface area (Å²) in [7, 11) is -1.69. The lowest BCUT2D eigenvalue weighted by molar-refractivity contribution is 0.0422. The van der Waals surface area contributed by atoms with Crippen LogP contribution >= 0.6 is 0 Å². The smallest absolute Gasteiger partial charge is 0.256 e. The molecular formula is C23H25N3O4S. The van der Waals surface area contributed by atoms with Crippen molar-refractivity contribution < 1.29 is 17.9 Å².